The van der Waals surface area contributed by atoms with Crippen molar-refractivity contribution >= 4 is 79.0 Å². The van der Waals surface area contributed by atoms with Crippen LogP contribution in [0.15, 0.2) is 358 Å². The van der Waals surface area contributed by atoms with Crippen LogP contribution in [0.4, 0.5) is 34.1 Å². The van der Waals surface area contributed by atoms with Gasteiger partial charge in [-0.25, -0.2) is 24.9 Å². The largest absolute Gasteiger partial charge is 0.311 e. The lowest BCUT2D eigenvalue weighted by Crippen LogP contribution is -2.61. The fourth-order valence-electron chi connectivity index (χ4n) is 15.0. The second-order valence-corrected chi connectivity index (χ2v) is 25.5. The molecular formula is C91H59BN8. The van der Waals surface area contributed by atoms with Crippen LogP contribution in [0.2, 0.25) is 0 Å². The zero-order valence-corrected chi connectivity index (χ0v) is 54.2. The average molecular weight is 1280 g/mol. The summed E-state index contributed by atoms with van der Waals surface area (Å²) in [6, 6.07) is 127. The Hall–Kier alpha value is -13.4. The van der Waals surface area contributed by atoms with Gasteiger partial charge >= 0.3 is 0 Å². The standard InChI is InChI=1S/C91H59BN8/c1-7-24-60(25-8-1)68-48-53-80-73(56-68)74-57-69(61-26-9-2-10-27-61)49-54-81(74)100(80)82-55-50-70(90-93-78(64-28-11-3-12-29-64)59-79(94-90)65-30-13-4-14-31-65)58-75(82)91-96-88(66-32-15-5-16-33-66)95-89(97-91)67-44-42-62(43-45-67)63-46-51-72(52-47-63)99-84-39-22-20-37-77(84)92-76-36-19-21-38-83(76)98(71-34-17-6-18-35-71)85-40-23-41-86(99)87(85)92/h1-59H. The van der Waals surface area contributed by atoms with Crippen LogP contribution >= 0.6 is 0 Å². The molecule has 19 rings (SSSR count). The van der Waals surface area contributed by atoms with Gasteiger partial charge in [-0.05, 0) is 147 Å². The summed E-state index contributed by atoms with van der Waals surface area (Å²) in [5.74, 6) is 2.17. The third kappa shape index (κ3) is 10.1. The average Bonchev–Trinajstić information content (AvgIpc) is 0.941. The Kier molecular flexibility index (Phi) is 14.1. The normalized spacial score (nSPS) is 12.1. The molecule has 3 aromatic heterocycles. The molecule has 2 aliphatic rings. The number of fused-ring (bicyclic) bond motifs is 7. The molecule has 466 valence electrons. The van der Waals surface area contributed by atoms with E-state index in [4.69, 9.17) is 24.9 Å². The first-order valence-electron chi connectivity index (χ1n) is 33.9. The van der Waals surface area contributed by atoms with Crippen molar-refractivity contribution in [2.45, 2.75) is 0 Å². The van der Waals surface area contributed by atoms with Crippen LogP contribution in [0.3, 0.4) is 0 Å². The summed E-state index contributed by atoms with van der Waals surface area (Å²) in [4.78, 5) is 32.0. The zero-order chi connectivity index (χ0) is 66.0. The lowest BCUT2D eigenvalue weighted by Gasteiger charge is -2.44. The van der Waals surface area contributed by atoms with E-state index < -0.39 is 0 Å². The zero-order valence-electron chi connectivity index (χ0n) is 54.2. The van der Waals surface area contributed by atoms with Crippen LogP contribution in [0.25, 0.3) is 129 Å². The fraction of sp³-hybridized carbons (Fsp3) is 0. The molecule has 17 aromatic rings. The summed E-state index contributed by atoms with van der Waals surface area (Å²) in [5, 5.41) is 2.25. The van der Waals surface area contributed by atoms with Crippen molar-refractivity contribution in [1.29, 1.82) is 0 Å². The molecule has 0 amide bonds. The van der Waals surface area contributed by atoms with E-state index in [-0.39, 0.29) is 6.71 Å². The number of rotatable bonds is 12. The number of benzene rings is 14. The van der Waals surface area contributed by atoms with Gasteiger partial charge in [-0.1, -0.05) is 261 Å². The van der Waals surface area contributed by atoms with Crippen molar-refractivity contribution in [3.8, 4) is 107 Å². The summed E-state index contributed by atoms with van der Waals surface area (Å²) in [6.45, 7) is 0.0683. The van der Waals surface area contributed by atoms with Gasteiger partial charge in [-0.2, -0.15) is 0 Å². The maximum absolute atomic E-state index is 5.58. The van der Waals surface area contributed by atoms with E-state index in [1.807, 2.05) is 54.6 Å². The smallest absolute Gasteiger partial charge is 0.252 e. The predicted octanol–water partition coefficient (Wildman–Crippen LogP) is 20.8. The number of hydrogen-bond donors (Lipinski definition) is 0. The lowest BCUT2D eigenvalue weighted by atomic mass is 9.33. The van der Waals surface area contributed by atoms with Gasteiger partial charge in [0.2, 0.25) is 0 Å². The molecule has 2 aliphatic heterocycles. The van der Waals surface area contributed by atoms with Crippen LogP contribution in [0.5, 0.6) is 0 Å². The quantitative estimate of drug-likeness (QED) is 0.113. The summed E-state index contributed by atoms with van der Waals surface area (Å²) < 4.78 is 2.38. The van der Waals surface area contributed by atoms with E-state index in [0.717, 1.165) is 117 Å². The summed E-state index contributed by atoms with van der Waals surface area (Å²) in [6.07, 6.45) is 0. The number of para-hydroxylation sites is 3. The molecule has 5 heterocycles. The highest BCUT2D eigenvalue weighted by molar-refractivity contribution is 7.00. The molecule has 0 fully saturated rings. The van der Waals surface area contributed by atoms with E-state index in [1.165, 1.54) is 39.1 Å². The molecule has 0 spiro atoms. The molecule has 0 aliphatic carbocycles. The van der Waals surface area contributed by atoms with Crippen molar-refractivity contribution in [2.75, 3.05) is 9.80 Å². The number of aromatic nitrogens is 6. The van der Waals surface area contributed by atoms with Crippen molar-refractivity contribution in [1.82, 2.24) is 29.5 Å². The number of hydrogen-bond acceptors (Lipinski definition) is 7. The monoisotopic (exact) mass is 1270 g/mol. The van der Waals surface area contributed by atoms with Gasteiger partial charge in [-0.3, -0.25) is 0 Å². The molecule has 0 atom stereocenters. The first-order valence-corrected chi connectivity index (χ1v) is 33.9. The van der Waals surface area contributed by atoms with Gasteiger partial charge in [0, 0.05) is 78.3 Å². The second-order valence-electron chi connectivity index (χ2n) is 25.5. The molecule has 8 nitrogen and oxygen atoms in total. The predicted molar refractivity (Wildman–Crippen MR) is 413 cm³/mol. The second kappa shape index (κ2) is 24.4. The third-order valence-electron chi connectivity index (χ3n) is 19.7. The van der Waals surface area contributed by atoms with E-state index >= 15 is 0 Å². The highest BCUT2D eigenvalue weighted by Crippen LogP contribution is 2.46. The molecule has 0 saturated heterocycles. The topological polar surface area (TPSA) is 75.9 Å². The fourth-order valence-corrected chi connectivity index (χ4v) is 15.0. The van der Waals surface area contributed by atoms with Crippen LogP contribution in [-0.2, 0) is 0 Å². The van der Waals surface area contributed by atoms with Crippen molar-refractivity contribution in [2.24, 2.45) is 0 Å². The highest BCUT2D eigenvalue weighted by Gasteiger charge is 2.43. The van der Waals surface area contributed by atoms with E-state index in [9.17, 15) is 0 Å². The van der Waals surface area contributed by atoms with E-state index in [1.54, 1.807) is 0 Å². The van der Waals surface area contributed by atoms with Gasteiger partial charge in [-0.15, -0.1) is 0 Å². The minimum Gasteiger partial charge on any atom is -0.311 e. The molecule has 0 bridgehead atoms. The van der Waals surface area contributed by atoms with Gasteiger partial charge in [0.05, 0.1) is 28.1 Å². The number of anilines is 6. The third-order valence-corrected chi connectivity index (χ3v) is 19.7. The molecule has 9 heteroatoms. The summed E-state index contributed by atoms with van der Waals surface area (Å²) >= 11 is 0. The van der Waals surface area contributed by atoms with E-state index in [0.29, 0.717) is 23.3 Å². The minimum absolute atomic E-state index is 0.0683. The van der Waals surface area contributed by atoms with Crippen molar-refractivity contribution < 1.29 is 0 Å². The van der Waals surface area contributed by atoms with E-state index in [2.05, 4.69) is 318 Å². The van der Waals surface area contributed by atoms with Gasteiger partial charge < -0.3 is 14.4 Å². The Morgan fingerprint density at radius 3 is 1.09 bits per heavy atom. The van der Waals surface area contributed by atoms with Gasteiger partial charge in [0.25, 0.3) is 6.71 Å². The molecule has 0 saturated carbocycles. The summed E-state index contributed by atoms with van der Waals surface area (Å²) in [7, 11) is 0. The Morgan fingerprint density at radius 2 is 0.580 bits per heavy atom. The van der Waals surface area contributed by atoms with Gasteiger partial charge in [0.1, 0.15) is 0 Å². The molecule has 0 radical (unpaired) electrons. The van der Waals surface area contributed by atoms with Crippen LogP contribution in [0.1, 0.15) is 0 Å². The lowest BCUT2D eigenvalue weighted by molar-refractivity contribution is 1.06. The SMILES string of the molecule is c1ccc(-c2ccc3c(c2)c2cc(-c4ccccc4)ccc2n3-c2ccc(-c3nc(-c4ccccc4)cc(-c4ccccc4)n3)cc2-c2nc(-c3ccccc3)nc(-c3ccc(-c4ccc(N5c6ccccc6B6c7ccccc7N(c7ccccc7)c7cccc5c76)cc4)cc3)n2)cc1. The van der Waals surface area contributed by atoms with Crippen LogP contribution < -0.4 is 26.2 Å². The first kappa shape index (κ1) is 58.0. The summed E-state index contributed by atoms with van der Waals surface area (Å²) in [5.41, 5.74) is 27.5. The first-order chi connectivity index (χ1) is 49.6. The highest BCUT2D eigenvalue weighted by atomic mass is 15.2. The molecule has 100 heavy (non-hydrogen) atoms. The van der Waals surface area contributed by atoms with Crippen molar-refractivity contribution in [3.63, 3.8) is 0 Å². The molecule has 0 N–H and O–H groups in total. The van der Waals surface area contributed by atoms with Gasteiger partial charge in [0.15, 0.2) is 23.3 Å². The molecular weight excluding hydrogens is 1220 g/mol. The Bertz CT molecular complexity index is 5800. The maximum Gasteiger partial charge on any atom is 0.252 e. The molecule has 14 aromatic carbocycles. The Balaban J connectivity index is 0.753. The minimum atomic E-state index is 0.0683. The number of nitrogens with zero attached hydrogens (tertiary/aromatic N) is 8. The van der Waals surface area contributed by atoms with Crippen LogP contribution in [0, 0.1) is 0 Å². The van der Waals surface area contributed by atoms with Crippen LogP contribution in [-0.4, -0.2) is 36.2 Å². The Labute approximate surface area is 579 Å². The van der Waals surface area contributed by atoms with Crippen molar-refractivity contribution in [3.05, 3.63) is 358 Å². The Morgan fingerprint density at radius 1 is 0.220 bits per heavy atom. The maximum atomic E-state index is 5.58. The molecule has 0 unspecified atom stereocenters.